The van der Waals surface area contributed by atoms with Crippen molar-refractivity contribution in [2.45, 2.75) is 75.7 Å². The summed E-state index contributed by atoms with van der Waals surface area (Å²) < 4.78 is 6.05. The highest BCUT2D eigenvalue weighted by Gasteiger charge is 2.19. The van der Waals surface area contributed by atoms with Crippen molar-refractivity contribution < 1.29 is 13.5 Å². The van der Waals surface area contributed by atoms with Gasteiger partial charge in [-0.15, -0.1) is 0 Å². The van der Waals surface area contributed by atoms with Gasteiger partial charge in [0.15, 0.2) is 0 Å². The predicted molar refractivity (Wildman–Crippen MR) is 136 cm³/mol. The van der Waals surface area contributed by atoms with Gasteiger partial charge in [0.1, 0.15) is 0 Å². The van der Waals surface area contributed by atoms with Crippen LogP contribution in [0.1, 0.15) is 86.8 Å². The molecule has 0 aliphatic heterocycles. The van der Waals surface area contributed by atoms with Gasteiger partial charge in [0.25, 0.3) is 11.4 Å². The minimum Gasteiger partial charge on any atom is -0.258 e. The van der Waals surface area contributed by atoms with Crippen LogP contribution in [0.5, 0.6) is 0 Å². The van der Waals surface area contributed by atoms with Crippen LogP contribution in [0.25, 0.3) is 0 Å². The zero-order chi connectivity index (χ0) is 24.1. The van der Waals surface area contributed by atoms with E-state index in [1.165, 1.54) is 24.1 Å². The van der Waals surface area contributed by atoms with E-state index in [1.807, 2.05) is 24.3 Å². The van der Waals surface area contributed by atoms with E-state index in [-0.39, 0.29) is 31.7 Å². The fourth-order valence-corrected chi connectivity index (χ4v) is 5.44. The molecule has 0 bridgehead atoms. The smallest absolute Gasteiger partial charge is 0.258 e. The largest absolute Gasteiger partial charge is 0.269 e. The van der Waals surface area contributed by atoms with E-state index in [1.54, 1.807) is 24.3 Å². The maximum Gasteiger partial charge on any atom is 0.269 e. The maximum atomic E-state index is 11.0. The molecule has 0 saturated carbocycles. The summed E-state index contributed by atoms with van der Waals surface area (Å²) in [6.07, 6.45) is 8.45. The molecule has 180 valence electrons. The van der Waals surface area contributed by atoms with Crippen molar-refractivity contribution in [3.8, 4) is 0 Å². The lowest BCUT2D eigenvalue weighted by Crippen LogP contribution is -1.98. The van der Waals surface area contributed by atoms with Crippen molar-refractivity contribution in [2.24, 2.45) is 0 Å². The molecule has 0 amide bonds. The van der Waals surface area contributed by atoms with Gasteiger partial charge in [0, 0.05) is 48.4 Å². The number of hydrogen-bond acceptors (Lipinski definition) is 7. The molecule has 0 aromatic heterocycles. The third-order valence-electron chi connectivity index (χ3n) is 5.40. The summed E-state index contributed by atoms with van der Waals surface area (Å²) in [4.78, 5) is 21.2. The Morgan fingerprint density at radius 1 is 0.697 bits per heavy atom. The summed E-state index contributed by atoms with van der Waals surface area (Å²) in [6, 6.07) is 13.4. The van der Waals surface area contributed by atoms with Crippen LogP contribution in [0, 0.1) is 20.2 Å². The van der Waals surface area contributed by atoms with Crippen molar-refractivity contribution in [2.75, 3.05) is 0 Å². The first-order valence-electron chi connectivity index (χ1n) is 11.4. The second-order valence-corrected chi connectivity index (χ2v) is 9.99. The zero-order valence-corrected chi connectivity index (χ0v) is 20.8. The van der Waals surface area contributed by atoms with Crippen molar-refractivity contribution in [3.05, 3.63) is 79.9 Å². The summed E-state index contributed by atoms with van der Waals surface area (Å²) in [6.45, 7) is 4.32. The molecule has 2 atom stereocenters. The van der Waals surface area contributed by atoms with Crippen LogP contribution in [0.3, 0.4) is 0 Å². The predicted octanol–water partition coefficient (Wildman–Crippen LogP) is 8.76. The van der Waals surface area contributed by atoms with Crippen LogP contribution in [-0.2, 0) is 3.63 Å². The fraction of sp³-hybridized carbons (Fsp3) is 0.500. The first-order valence-corrected chi connectivity index (χ1v) is 13.0. The first-order chi connectivity index (χ1) is 16.0. The second kappa shape index (κ2) is 14.9. The summed E-state index contributed by atoms with van der Waals surface area (Å²) >= 11 is 2.79. The van der Waals surface area contributed by atoms with Crippen molar-refractivity contribution in [1.29, 1.82) is 0 Å². The van der Waals surface area contributed by atoms with Crippen LogP contribution < -0.4 is 0 Å². The molecule has 2 aromatic rings. The SMILES string of the molecule is CCCCCC(SOSC(CCCCC)c1ccc([N+](=O)[O-])cc1)c1ccc([N+](=O)[O-])cc1. The molecule has 2 unspecified atom stereocenters. The van der Waals surface area contributed by atoms with Gasteiger partial charge in [-0.3, -0.25) is 20.2 Å². The van der Waals surface area contributed by atoms with Crippen LogP contribution in [0.2, 0.25) is 0 Å². The van der Waals surface area contributed by atoms with Gasteiger partial charge in [-0.05, 0) is 24.0 Å². The number of nitrogens with zero attached hydrogens (tertiary/aromatic N) is 2. The highest BCUT2D eigenvalue weighted by Crippen LogP contribution is 2.43. The number of hydrogen-bond donors (Lipinski definition) is 0. The van der Waals surface area contributed by atoms with Gasteiger partial charge in [-0.25, -0.2) is 3.63 Å². The first kappa shape index (κ1) is 27.1. The summed E-state index contributed by atoms with van der Waals surface area (Å²) in [5, 5.41) is 22.1. The average molecular weight is 493 g/mol. The normalized spacial score (nSPS) is 12.9. The van der Waals surface area contributed by atoms with E-state index in [2.05, 4.69) is 13.8 Å². The molecule has 0 spiro atoms. The lowest BCUT2D eigenvalue weighted by molar-refractivity contribution is -0.385. The average Bonchev–Trinajstić information content (AvgIpc) is 2.82. The van der Waals surface area contributed by atoms with Gasteiger partial charge in [-0.1, -0.05) is 76.6 Å². The Balaban J connectivity index is 2.06. The van der Waals surface area contributed by atoms with Gasteiger partial charge < -0.3 is 0 Å². The lowest BCUT2D eigenvalue weighted by Gasteiger charge is -2.19. The zero-order valence-electron chi connectivity index (χ0n) is 19.2. The third kappa shape index (κ3) is 9.35. The Labute approximate surface area is 204 Å². The second-order valence-electron chi connectivity index (χ2n) is 7.93. The van der Waals surface area contributed by atoms with Crippen molar-refractivity contribution in [3.63, 3.8) is 0 Å². The molecule has 0 aliphatic carbocycles. The molecule has 0 aliphatic rings. The Morgan fingerprint density at radius 3 is 1.36 bits per heavy atom. The van der Waals surface area contributed by atoms with Crippen molar-refractivity contribution >= 4 is 35.5 Å². The van der Waals surface area contributed by atoms with Gasteiger partial charge in [-0.2, -0.15) is 0 Å². The topological polar surface area (TPSA) is 95.5 Å². The number of nitro benzene ring substituents is 2. The highest BCUT2D eigenvalue weighted by atomic mass is 32.2. The minimum atomic E-state index is -0.388. The molecule has 2 aromatic carbocycles. The standard InChI is InChI=1S/C24H32N2O5S2/c1-3-5-7-9-23(19-11-15-21(16-12-19)25(27)28)32-31-33-24(10-8-6-4-2)20-13-17-22(18-14-20)26(29)30/h11-18,23-24H,3-10H2,1-2H3. The van der Waals surface area contributed by atoms with E-state index in [9.17, 15) is 20.2 Å². The van der Waals surface area contributed by atoms with Gasteiger partial charge >= 0.3 is 0 Å². The number of benzene rings is 2. The molecule has 9 heteroatoms. The molecule has 7 nitrogen and oxygen atoms in total. The van der Waals surface area contributed by atoms with Gasteiger partial charge in [0.2, 0.25) is 0 Å². The summed E-state index contributed by atoms with van der Waals surface area (Å²) in [5.41, 5.74) is 2.20. The van der Waals surface area contributed by atoms with Gasteiger partial charge in [0.05, 0.1) is 20.3 Å². The molecule has 2 rings (SSSR count). The Hall–Kier alpha value is -2.10. The molecule has 0 N–H and O–H groups in total. The molecular weight excluding hydrogens is 460 g/mol. The van der Waals surface area contributed by atoms with Crippen LogP contribution >= 0.6 is 24.1 Å². The Kier molecular flexibility index (Phi) is 12.3. The molecule has 0 fully saturated rings. The number of nitro groups is 2. The van der Waals surface area contributed by atoms with Crippen molar-refractivity contribution in [1.82, 2.24) is 0 Å². The number of unbranched alkanes of at least 4 members (excludes halogenated alkanes) is 4. The molecule has 0 saturated heterocycles. The molecular formula is C24H32N2O5S2. The Bertz CT molecular complexity index is 791. The summed E-state index contributed by atoms with van der Waals surface area (Å²) in [5.74, 6) is 0. The fourth-order valence-electron chi connectivity index (χ4n) is 3.44. The third-order valence-corrected chi connectivity index (χ3v) is 7.51. The highest BCUT2D eigenvalue weighted by molar-refractivity contribution is 8.08. The van der Waals surface area contributed by atoms with E-state index in [0.29, 0.717) is 0 Å². The van der Waals surface area contributed by atoms with E-state index < -0.39 is 0 Å². The monoisotopic (exact) mass is 492 g/mol. The quantitative estimate of drug-likeness (QED) is 0.0999. The molecule has 0 radical (unpaired) electrons. The minimum absolute atomic E-state index is 0.0815. The molecule has 0 heterocycles. The maximum absolute atomic E-state index is 11.0. The van der Waals surface area contributed by atoms with E-state index in [4.69, 9.17) is 3.63 Å². The summed E-state index contributed by atoms with van der Waals surface area (Å²) in [7, 11) is 0. The molecule has 33 heavy (non-hydrogen) atoms. The van der Waals surface area contributed by atoms with Crippen LogP contribution in [0.4, 0.5) is 11.4 Å². The lowest BCUT2D eigenvalue weighted by atomic mass is 10.1. The van der Waals surface area contributed by atoms with E-state index in [0.717, 1.165) is 62.5 Å². The Morgan fingerprint density at radius 2 is 1.06 bits per heavy atom. The van der Waals surface area contributed by atoms with Crippen LogP contribution in [0.15, 0.2) is 48.5 Å². The number of non-ortho nitro benzene ring substituents is 2. The van der Waals surface area contributed by atoms with E-state index >= 15 is 0 Å². The number of rotatable bonds is 16. The van der Waals surface area contributed by atoms with Crippen LogP contribution in [-0.4, -0.2) is 9.85 Å².